The van der Waals surface area contributed by atoms with E-state index in [1.54, 1.807) is 0 Å². The molecule has 2 saturated heterocycles. The first-order valence-electron chi connectivity index (χ1n) is 19.0. The molecular weight excluding hydrogens is 688 g/mol. The van der Waals surface area contributed by atoms with Gasteiger partial charge in [0.25, 0.3) is 0 Å². The number of fused-ring (bicyclic) bond motifs is 4. The molecule has 4 atom stereocenters. The van der Waals surface area contributed by atoms with Crippen molar-refractivity contribution in [2.75, 3.05) is 27.3 Å². The minimum absolute atomic E-state index is 0.103. The molecule has 0 unspecified atom stereocenters. The maximum Gasteiger partial charge on any atom is 0.407 e. The molecule has 14 nitrogen and oxygen atoms in total. The molecule has 286 valence electrons. The summed E-state index contributed by atoms with van der Waals surface area (Å²) in [5, 5.41) is 5.43. The number of benzene rings is 2. The number of methoxy groups -OCH3 is 2. The number of H-pyrrole nitrogens is 2. The lowest BCUT2D eigenvalue weighted by Crippen LogP contribution is -2.51. The van der Waals surface area contributed by atoms with Crippen LogP contribution in [0.1, 0.15) is 88.4 Å². The average Bonchev–Trinajstić information content (AvgIpc) is 3.99. The predicted molar refractivity (Wildman–Crippen MR) is 202 cm³/mol. The van der Waals surface area contributed by atoms with Crippen LogP contribution in [0.3, 0.4) is 0 Å². The van der Waals surface area contributed by atoms with E-state index < -0.39 is 24.3 Å². The molecular formula is C40H50N8O6. The summed E-state index contributed by atoms with van der Waals surface area (Å²) in [5.41, 5.74) is 8.16. The van der Waals surface area contributed by atoms with E-state index in [1.807, 2.05) is 43.6 Å². The second kappa shape index (κ2) is 15.2. The van der Waals surface area contributed by atoms with Gasteiger partial charge in [-0.1, -0.05) is 52.0 Å². The fourth-order valence-electron chi connectivity index (χ4n) is 8.21. The molecule has 0 spiro atoms. The van der Waals surface area contributed by atoms with E-state index >= 15 is 0 Å². The molecule has 4 heterocycles. The van der Waals surface area contributed by atoms with Crippen LogP contribution >= 0.6 is 0 Å². The summed E-state index contributed by atoms with van der Waals surface area (Å²) in [6.45, 7) is 8.84. The van der Waals surface area contributed by atoms with Crippen molar-refractivity contribution in [1.82, 2.24) is 40.4 Å². The van der Waals surface area contributed by atoms with Crippen molar-refractivity contribution in [2.45, 2.75) is 90.4 Å². The summed E-state index contributed by atoms with van der Waals surface area (Å²) in [5.74, 6) is 1.05. The monoisotopic (exact) mass is 738 g/mol. The van der Waals surface area contributed by atoms with Gasteiger partial charge < -0.3 is 39.9 Å². The van der Waals surface area contributed by atoms with Gasteiger partial charge in [-0.25, -0.2) is 19.6 Å². The Bertz CT molecular complexity index is 2070. The van der Waals surface area contributed by atoms with Gasteiger partial charge in [-0.3, -0.25) is 9.59 Å². The second-order valence-electron chi connectivity index (χ2n) is 15.3. The number of alkyl carbamates (subject to hydrolysis) is 2. The van der Waals surface area contributed by atoms with E-state index in [0.717, 1.165) is 89.3 Å². The lowest BCUT2D eigenvalue weighted by atomic mass is 9.89. The van der Waals surface area contributed by atoms with Crippen LogP contribution in [0.15, 0.2) is 36.4 Å². The maximum absolute atomic E-state index is 13.7. The number of hydrogen-bond acceptors (Lipinski definition) is 8. The molecule has 2 aromatic carbocycles. The number of aryl methyl sites for hydroxylation is 2. The zero-order valence-electron chi connectivity index (χ0n) is 31.8. The second-order valence-corrected chi connectivity index (χ2v) is 15.3. The minimum atomic E-state index is -0.692. The van der Waals surface area contributed by atoms with Crippen molar-refractivity contribution >= 4 is 35.0 Å². The van der Waals surface area contributed by atoms with E-state index in [2.05, 4.69) is 50.9 Å². The molecule has 4 N–H and O–H groups in total. The van der Waals surface area contributed by atoms with Crippen LogP contribution in [0.2, 0.25) is 0 Å². The molecule has 2 fully saturated rings. The van der Waals surface area contributed by atoms with Crippen molar-refractivity contribution in [3.63, 3.8) is 0 Å². The van der Waals surface area contributed by atoms with Gasteiger partial charge in [-0.2, -0.15) is 0 Å². The molecule has 7 rings (SSSR count). The number of aromatic amines is 2. The topological polar surface area (TPSA) is 175 Å². The SMILES string of the molecule is COC(=O)N[C@H](C(=O)N1CCC[C@H]1c1nc2c([nH]1)CCc1cc(-c3ccc4nc([C@@H]5CCCN5C(=O)[C@@H](NC(=O)OC)C(C)C)[nH]c4c3)ccc1-2)C(C)C. The smallest absolute Gasteiger partial charge is 0.407 e. The van der Waals surface area contributed by atoms with Crippen molar-refractivity contribution in [1.29, 1.82) is 0 Å². The quantitative estimate of drug-likeness (QED) is 0.167. The maximum atomic E-state index is 13.7. The molecule has 2 aliphatic heterocycles. The number of aromatic nitrogens is 4. The van der Waals surface area contributed by atoms with E-state index in [4.69, 9.17) is 19.4 Å². The number of ether oxygens (including phenoxy) is 2. The Balaban J connectivity index is 1.10. The Morgan fingerprint density at radius 3 is 1.87 bits per heavy atom. The number of likely N-dealkylation sites (tertiary alicyclic amines) is 2. The van der Waals surface area contributed by atoms with Crippen LogP contribution in [0, 0.1) is 11.8 Å². The highest BCUT2D eigenvalue weighted by atomic mass is 16.5. The molecule has 0 saturated carbocycles. The van der Waals surface area contributed by atoms with Crippen LogP contribution in [0.5, 0.6) is 0 Å². The first-order chi connectivity index (χ1) is 26.0. The van der Waals surface area contributed by atoms with Crippen LogP contribution < -0.4 is 10.6 Å². The predicted octanol–water partition coefficient (Wildman–Crippen LogP) is 5.81. The molecule has 0 radical (unpaired) electrons. The molecule has 4 amide bonds. The molecule has 4 aromatic rings. The van der Waals surface area contributed by atoms with Gasteiger partial charge in [0.05, 0.1) is 43.0 Å². The number of rotatable bonds is 9. The summed E-state index contributed by atoms with van der Waals surface area (Å²) in [6, 6.07) is 10.9. The Kier molecular flexibility index (Phi) is 10.4. The molecule has 2 aromatic heterocycles. The summed E-state index contributed by atoms with van der Waals surface area (Å²) >= 11 is 0. The highest BCUT2D eigenvalue weighted by molar-refractivity contribution is 5.88. The van der Waals surface area contributed by atoms with Gasteiger partial charge in [0.2, 0.25) is 11.8 Å². The van der Waals surface area contributed by atoms with Crippen LogP contribution in [-0.4, -0.2) is 93.1 Å². The van der Waals surface area contributed by atoms with Crippen LogP contribution in [0.25, 0.3) is 33.4 Å². The molecule has 14 heteroatoms. The standard InChI is InChI=1S/C40H50N8O6/c1-21(2)32(45-39(51)53-5)37(49)47-17-7-9-30(47)35-41-27-15-12-24(20-29(27)43-35)23-11-14-26-25(19-23)13-16-28-34(26)44-36(42-28)31-10-8-18-48(31)38(50)33(22(3)4)46-40(52)54-6/h11-12,14-15,19-22,30-33H,7-10,13,16-18H2,1-6H3,(H,41,43)(H,42,44)(H,45,51)(H,46,52)/t30-,31-,32-,33-/m0/s1. The van der Waals surface area contributed by atoms with Crippen LogP contribution in [0.4, 0.5) is 9.59 Å². The number of imidazole rings is 2. The summed E-state index contributed by atoms with van der Waals surface area (Å²) in [4.78, 5) is 72.1. The van der Waals surface area contributed by atoms with Crippen molar-refractivity contribution < 1.29 is 28.7 Å². The third kappa shape index (κ3) is 7.01. The number of hydrogen-bond donors (Lipinski definition) is 4. The third-order valence-corrected chi connectivity index (χ3v) is 11.1. The van der Waals surface area contributed by atoms with E-state index in [-0.39, 0.29) is 35.7 Å². The molecule has 3 aliphatic rings. The number of amides is 4. The molecule has 0 bridgehead atoms. The average molecular weight is 739 g/mol. The van der Waals surface area contributed by atoms with Gasteiger partial charge in [0, 0.05) is 24.3 Å². The van der Waals surface area contributed by atoms with Crippen molar-refractivity contribution in [2.24, 2.45) is 11.8 Å². The molecule has 1 aliphatic carbocycles. The number of nitrogens with one attached hydrogen (secondary N) is 4. The first-order valence-corrected chi connectivity index (χ1v) is 19.0. The summed E-state index contributed by atoms with van der Waals surface area (Å²) in [7, 11) is 2.59. The number of nitrogens with zero attached hydrogens (tertiary/aromatic N) is 4. The summed E-state index contributed by atoms with van der Waals surface area (Å²) in [6.07, 6.45) is 3.71. The largest absolute Gasteiger partial charge is 0.453 e. The van der Waals surface area contributed by atoms with Gasteiger partial charge in [0.15, 0.2) is 0 Å². The van der Waals surface area contributed by atoms with Crippen molar-refractivity contribution in [3.05, 3.63) is 59.3 Å². The van der Waals surface area contributed by atoms with Gasteiger partial charge in [-0.15, -0.1) is 0 Å². The summed E-state index contributed by atoms with van der Waals surface area (Å²) < 4.78 is 9.56. The minimum Gasteiger partial charge on any atom is -0.453 e. The Hall–Kier alpha value is -5.40. The normalized spacial score (nSPS) is 19.1. The Morgan fingerprint density at radius 1 is 0.741 bits per heavy atom. The molecule has 54 heavy (non-hydrogen) atoms. The van der Waals surface area contributed by atoms with E-state index in [1.165, 1.54) is 19.8 Å². The van der Waals surface area contributed by atoms with E-state index in [0.29, 0.717) is 13.1 Å². The first kappa shape index (κ1) is 36.9. The highest BCUT2D eigenvalue weighted by Crippen LogP contribution is 2.39. The Labute approximate surface area is 314 Å². The van der Waals surface area contributed by atoms with Gasteiger partial charge in [0.1, 0.15) is 23.7 Å². The van der Waals surface area contributed by atoms with Crippen LogP contribution in [-0.2, 0) is 31.9 Å². The lowest BCUT2D eigenvalue weighted by molar-refractivity contribution is -0.136. The Morgan fingerprint density at radius 2 is 1.30 bits per heavy atom. The zero-order chi connectivity index (χ0) is 38.3. The number of carbonyl (C=O) groups is 4. The van der Waals surface area contributed by atoms with Gasteiger partial charge >= 0.3 is 12.2 Å². The van der Waals surface area contributed by atoms with E-state index in [9.17, 15) is 19.2 Å². The fraction of sp³-hybridized carbons (Fsp3) is 0.500. The highest BCUT2D eigenvalue weighted by Gasteiger charge is 2.39. The van der Waals surface area contributed by atoms with Crippen molar-refractivity contribution in [3.8, 4) is 22.4 Å². The fourth-order valence-corrected chi connectivity index (χ4v) is 8.21. The van der Waals surface area contributed by atoms with Gasteiger partial charge in [-0.05, 0) is 79.2 Å². The zero-order valence-corrected chi connectivity index (χ0v) is 31.8. The third-order valence-electron chi connectivity index (χ3n) is 11.1. The number of carbonyl (C=O) groups excluding carboxylic acids is 4. The lowest BCUT2D eigenvalue weighted by Gasteiger charge is -2.30.